The van der Waals surface area contributed by atoms with Crippen molar-refractivity contribution in [1.82, 2.24) is 4.31 Å². The van der Waals surface area contributed by atoms with E-state index in [0.29, 0.717) is 6.54 Å². The SMILES string of the molecule is C=CS(=O)(=O)N1CCC1Cc1ccccc1. The Hall–Kier alpha value is -1.13. The maximum Gasteiger partial charge on any atom is 0.235 e. The lowest BCUT2D eigenvalue weighted by Gasteiger charge is -2.38. The van der Waals surface area contributed by atoms with Gasteiger partial charge in [0.1, 0.15) is 0 Å². The zero-order valence-electron chi connectivity index (χ0n) is 9.04. The van der Waals surface area contributed by atoms with Crippen molar-refractivity contribution < 1.29 is 8.42 Å². The highest BCUT2D eigenvalue weighted by molar-refractivity contribution is 7.92. The van der Waals surface area contributed by atoms with Crippen LogP contribution in [-0.4, -0.2) is 25.3 Å². The molecule has 1 aliphatic heterocycles. The van der Waals surface area contributed by atoms with Crippen LogP contribution in [0.4, 0.5) is 0 Å². The molecule has 0 amide bonds. The van der Waals surface area contributed by atoms with Crippen molar-refractivity contribution in [2.24, 2.45) is 0 Å². The Morgan fingerprint density at radius 3 is 2.56 bits per heavy atom. The first kappa shape index (κ1) is 11.4. The van der Waals surface area contributed by atoms with Gasteiger partial charge in [-0.25, -0.2) is 8.42 Å². The van der Waals surface area contributed by atoms with Gasteiger partial charge in [-0.1, -0.05) is 36.9 Å². The average molecular weight is 237 g/mol. The van der Waals surface area contributed by atoms with Crippen LogP contribution in [0.3, 0.4) is 0 Å². The summed E-state index contributed by atoms with van der Waals surface area (Å²) < 4.78 is 24.7. The van der Waals surface area contributed by atoms with E-state index >= 15 is 0 Å². The van der Waals surface area contributed by atoms with Crippen LogP contribution in [0.15, 0.2) is 42.3 Å². The normalized spacial score (nSPS) is 21.4. The largest absolute Gasteiger partial charge is 0.235 e. The molecule has 0 aliphatic carbocycles. The van der Waals surface area contributed by atoms with Gasteiger partial charge in [-0.2, -0.15) is 4.31 Å². The van der Waals surface area contributed by atoms with Crippen molar-refractivity contribution in [1.29, 1.82) is 0 Å². The van der Waals surface area contributed by atoms with Crippen LogP contribution in [0.1, 0.15) is 12.0 Å². The fourth-order valence-electron chi connectivity index (χ4n) is 1.94. The minimum atomic E-state index is -3.23. The van der Waals surface area contributed by atoms with Crippen LogP contribution < -0.4 is 0 Å². The van der Waals surface area contributed by atoms with E-state index in [9.17, 15) is 8.42 Å². The topological polar surface area (TPSA) is 37.4 Å². The van der Waals surface area contributed by atoms with Crippen molar-refractivity contribution in [2.75, 3.05) is 6.54 Å². The third-order valence-corrected chi connectivity index (χ3v) is 4.50. The second kappa shape index (κ2) is 4.39. The predicted molar refractivity (Wildman–Crippen MR) is 64.4 cm³/mol. The fourth-order valence-corrected chi connectivity index (χ4v) is 3.08. The summed E-state index contributed by atoms with van der Waals surface area (Å²) in [6.07, 6.45) is 1.72. The monoisotopic (exact) mass is 237 g/mol. The van der Waals surface area contributed by atoms with Crippen LogP contribution in [0.25, 0.3) is 0 Å². The summed E-state index contributed by atoms with van der Waals surface area (Å²) in [5.74, 6) is 0. The molecule has 3 nitrogen and oxygen atoms in total. The van der Waals surface area contributed by atoms with Crippen LogP contribution >= 0.6 is 0 Å². The summed E-state index contributed by atoms with van der Waals surface area (Å²) in [5, 5.41) is 1.03. The van der Waals surface area contributed by atoms with Crippen molar-refractivity contribution in [2.45, 2.75) is 18.9 Å². The number of sulfonamides is 1. The maximum atomic E-state index is 11.6. The minimum Gasteiger partial charge on any atom is -0.208 e. The Balaban J connectivity index is 2.06. The van der Waals surface area contributed by atoms with Crippen LogP contribution in [0.5, 0.6) is 0 Å². The van der Waals surface area contributed by atoms with E-state index in [2.05, 4.69) is 6.58 Å². The smallest absolute Gasteiger partial charge is 0.208 e. The summed E-state index contributed by atoms with van der Waals surface area (Å²) in [6.45, 7) is 3.96. The molecule has 1 aromatic carbocycles. The summed E-state index contributed by atoms with van der Waals surface area (Å²) in [4.78, 5) is 0. The molecule has 1 saturated heterocycles. The third kappa shape index (κ3) is 2.18. The molecule has 1 fully saturated rings. The van der Waals surface area contributed by atoms with Gasteiger partial charge in [0.25, 0.3) is 0 Å². The molecule has 1 atom stereocenters. The molecule has 4 heteroatoms. The first-order chi connectivity index (χ1) is 7.63. The lowest BCUT2D eigenvalue weighted by Crippen LogP contribution is -2.51. The molecule has 1 aromatic rings. The van der Waals surface area contributed by atoms with E-state index in [1.165, 1.54) is 9.87 Å². The number of hydrogen-bond donors (Lipinski definition) is 0. The lowest BCUT2D eigenvalue weighted by atomic mass is 9.98. The quantitative estimate of drug-likeness (QED) is 0.800. The molecule has 0 bridgehead atoms. The molecule has 0 saturated carbocycles. The first-order valence-corrected chi connectivity index (χ1v) is 6.82. The maximum absolute atomic E-state index is 11.6. The van der Waals surface area contributed by atoms with E-state index in [-0.39, 0.29) is 6.04 Å². The highest BCUT2D eigenvalue weighted by Crippen LogP contribution is 2.25. The molecule has 86 valence electrons. The Kier molecular flexibility index (Phi) is 3.12. The predicted octanol–water partition coefficient (Wildman–Crippen LogP) is 1.78. The summed E-state index contributed by atoms with van der Waals surface area (Å²) >= 11 is 0. The van der Waals surface area contributed by atoms with Crippen LogP contribution in [-0.2, 0) is 16.4 Å². The Morgan fingerprint density at radius 1 is 1.38 bits per heavy atom. The minimum absolute atomic E-state index is 0.102. The molecule has 0 spiro atoms. The van der Waals surface area contributed by atoms with Crippen molar-refractivity contribution >= 4 is 10.0 Å². The number of rotatable bonds is 4. The van der Waals surface area contributed by atoms with Gasteiger partial charge in [0.15, 0.2) is 0 Å². The summed E-state index contributed by atoms with van der Waals surface area (Å²) in [6, 6.07) is 10.1. The molecule has 2 rings (SSSR count). The van der Waals surface area contributed by atoms with Gasteiger partial charge in [-0.05, 0) is 18.4 Å². The third-order valence-electron chi connectivity index (χ3n) is 2.94. The molecular formula is C12H15NO2S. The fraction of sp³-hybridized carbons (Fsp3) is 0.333. The standard InChI is InChI=1S/C12H15NO2S/c1-2-16(14,15)13-9-8-12(13)10-11-6-4-3-5-7-11/h2-7,12H,1,8-10H2. The Morgan fingerprint density at radius 2 is 2.06 bits per heavy atom. The van der Waals surface area contributed by atoms with Gasteiger partial charge in [0.05, 0.1) is 0 Å². The average Bonchev–Trinajstić information content (AvgIpc) is 2.25. The van der Waals surface area contributed by atoms with Crippen LogP contribution in [0, 0.1) is 0 Å². The van der Waals surface area contributed by atoms with Gasteiger partial charge in [0.2, 0.25) is 10.0 Å². The molecular weight excluding hydrogens is 222 g/mol. The van der Waals surface area contributed by atoms with Gasteiger partial charge >= 0.3 is 0 Å². The molecule has 1 aliphatic rings. The zero-order valence-corrected chi connectivity index (χ0v) is 9.86. The summed E-state index contributed by atoms with van der Waals surface area (Å²) in [5.41, 5.74) is 1.18. The lowest BCUT2D eigenvalue weighted by molar-refractivity contribution is 0.201. The molecule has 1 unspecified atom stereocenters. The van der Waals surface area contributed by atoms with E-state index in [1.807, 2.05) is 30.3 Å². The van der Waals surface area contributed by atoms with E-state index in [4.69, 9.17) is 0 Å². The second-order valence-corrected chi connectivity index (χ2v) is 5.79. The molecule has 0 aromatic heterocycles. The molecule has 16 heavy (non-hydrogen) atoms. The van der Waals surface area contributed by atoms with E-state index < -0.39 is 10.0 Å². The molecule has 0 N–H and O–H groups in total. The van der Waals surface area contributed by atoms with Crippen molar-refractivity contribution in [3.8, 4) is 0 Å². The Labute approximate surface area is 96.4 Å². The first-order valence-electron chi connectivity index (χ1n) is 5.32. The van der Waals surface area contributed by atoms with Crippen molar-refractivity contribution in [3.63, 3.8) is 0 Å². The number of hydrogen-bond acceptors (Lipinski definition) is 2. The van der Waals surface area contributed by atoms with Gasteiger partial charge in [-0.15, -0.1) is 0 Å². The Bertz CT molecular complexity index is 467. The van der Waals surface area contributed by atoms with Gasteiger partial charge < -0.3 is 0 Å². The highest BCUT2D eigenvalue weighted by atomic mass is 32.2. The van der Waals surface area contributed by atoms with Crippen LogP contribution in [0.2, 0.25) is 0 Å². The number of benzene rings is 1. The van der Waals surface area contributed by atoms with Crippen molar-refractivity contribution in [3.05, 3.63) is 47.9 Å². The van der Waals surface area contributed by atoms with E-state index in [0.717, 1.165) is 18.2 Å². The van der Waals surface area contributed by atoms with Gasteiger partial charge in [-0.3, -0.25) is 0 Å². The summed E-state index contributed by atoms with van der Waals surface area (Å²) in [7, 11) is -3.23. The molecule has 0 radical (unpaired) electrons. The van der Waals surface area contributed by atoms with E-state index in [1.54, 1.807) is 0 Å². The number of nitrogens with zero attached hydrogens (tertiary/aromatic N) is 1. The zero-order chi connectivity index (χ0) is 11.6. The van der Waals surface area contributed by atoms with Gasteiger partial charge in [0, 0.05) is 18.0 Å². The highest BCUT2D eigenvalue weighted by Gasteiger charge is 2.35. The molecule has 1 heterocycles. The second-order valence-electron chi connectivity index (χ2n) is 3.95.